The van der Waals surface area contributed by atoms with E-state index in [4.69, 9.17) is 17.0 Å². The van der Waals surface area contributed by atoms with Crippen LogP contribution in [0.25, 0.3) is 11.0 Å². The number of aryl methyl sites for hydroxylation is 1. The first-order chi connectivity index (χ1) is 8.97. The first-order valence-electron chi connectivity index (χ1n) is 6.25. The Hall–Kier alpha value is -1.62. The van der Waals surface area contributed by atoms with Gasteiger partial charge < -0.3 is 14.3 Å². The van der Waals surface area contributed by atoms with E-state index in [-0.39, 0.29) is 11.9 Å². The van der Waals surface area contributed by atoms with E-state index < -0.39 is 6.04 Å². The Kier molecular flexibility index (Phi) is 3.75. The molecule has 0 aliphatic heterocycles. The lowest BCUT2D eigenvalue weighted by molar-refractivity contribution is -0.145. The Morgan fingerprint density at radius 3 is 2.68 bits per heavy atom. The molecule has 1 atom stereocenters. The normalized spacial score (nSPS) is 12.9. The van der Waals surface area contributed by atoms with Crippen LogP contribution in [0.5, 0.6) is 0 Å². The third kappa shape index (κ3) is 2.30. The molecular formula is C14H18N2O2S. The van der Waals surface area contributed by atoms with Crippen molar-refractivity contribution >= 4 is 29.2 Å². The Bertz CT molecular complexity index is 670. The highest BCUT2D eigenvalue weighted by Crippen LogP contribution is 2.27. The third-order valence-electron chi connectivity index (χ3n) is 3.29. The van der Waals surface area contributed by atoms with Crippen LogP contribution in [0.2, 0.25) is 0 Å². The van der Waals surface area contributed by atoms with Gasteiger partial charge in [0.2, 0.25) is 0 Å². The lowest BCUT2D eigenvalue weighted by Crippen LogP contribution is -2.26. The molecule has 0 amide bonds. The van der Waals surface area contributed by atoms with Crippen molar-refractivity contribution in [1.82, 2.24) is 9.55 Å². The quantitative estimate of drug-likeness (QED) is 0.691. The Labute approximate surface area is 117 Å². The highest BCUT2D eigenvalue weighted by atomic mass is 32.1. The number of imidazole rings is 1. The highest BCUT2D eigenvalue weighted by molar-refractivity contribution is 7.71. The highest BCUT2D eigenvalue weighted by Gasteiger charge is 2.27. The second-order valence-corrected chi connectivity index (χ2v) is 5.37. The van der Waals surface area contributed by atoms with Gasteiger partial charge in [0.05, 0.1) is 18.1 Å². The fourth-order valence-electron chi connectivity index (χ4n) is 2.42. The van der Waals surface area contributed by atoms with Crippen LogP contribution >= 0.6 is 12.2 Å². The molecule has 2 rings (SSSR count). The van der Waals surface area contributed by atoms with Gasteiger partial charge in [-0.05, 0) is 36.7 Å². The monoisotopic (exact) mass is 278 g/mol. The van der Waals surface area contributed by atoms with Gasteiger partial charge in [0, 0.05) is 0 Å². The summed E-state index contributed by atoms with van der Waals surface area (Å²) in [4.78, 5) is 15.2. The molecule has 0 radical (unpaired) electrons. The third-order valence-corrected chi connectivity index (χ3v) is 3.59. The standard InChI is InChI=1S/C14H18N2O2S/c1-8(2)11(13(17)18-4)16-12-9(3)6-5-7-10(12)15-14(16)19/h5-8,11H,1-4H3,(H,15,19). The molecule has 0 bridgehead atoms. The number of ether oxygens (including phenoxy) is 1. The molecule has 1 aromatic heterocycles. The van der Waals surface area contributed by atoms with Crippen molar-refractivity contribution < 1.29 is 9.53 Å². The molecule has 1 aromatic carbocycles. The van der Waals surface area contributed by atoms with Gasteiger partial charge in [0.1, 0.15) is 6.04 Å². The first kappa shape index (κ1) is 13.8. The maximum Gasteiger partial charge on any atom is 0.329 e. The number of para-hydroxylation sites is 1. The van der Waals surface area contributed by atoms with Gasteiger partial charge >= 0.3 is 5.97 Å². The number of methoxy groups -OCH3 is 1. The van der Waals surface area contributed by atoms with Gasteiger partial charge in [-0.1, -0.05) is 26.0 Å². The summed E-state index contributed by atoms with van der Waals surface area (Å²) in [7, 11) is 1.41. The second kappa shape index (κ2) is 5.17. The average Bonchev–Trinajstić information content (AvgIpc) is 2.67. The molecule has 19 heavy (non-hydrogen) atoms. The number of carbonyl (C=O) groups excluding carboxylic acids is 1. The zero-order valence-corrected chi connectivity index (χ0v) is 12.4. The fourth-order valence-corrected chi connectivity index (χ4v) is 2.73. The summed E-state index contributed by atoms with van der Waals surface area (Å²) < 4.78 is 7.34. The Morgan fingerprint density at radius 2 is 2.11 bits per heavy atom. The minimum Gasteiger partial charge on any atom is -0.467 e. The molecule has 5 heteroatoms. The van der Waals surface area contributed by atoms with Gasteiger partial charge in [-0.15, -0.1) is 0 Å². The number of aromatic nitrogens is 2. The summed E-state index contributed by atoms with van der Waals surface area (Å²) in [5, 5.41) is 0. The minimum atomic E-state index is -0.410. The van der Waals surface area contributed by atoms with E-state index in [2.05, 4.69) is 4.98 Å². The molecule has 102 valence electrons. The number of hydrogen-bond donors (Lipinski definition) is 1. The van der Waals surface area contributed by atoms with E-state index in [1.54, 1.807) is 0 Å². The van der Waals surface area contributed by atoms with Gasteiger partial charge in [-0.2, -0.15) is 0 Å². The van der Waals surface area contributed by atoms with Crippen LogP contribution in [-0.2, 0) is 9.53 Å². The number of esters is 1. The minimum absolute atomic E-state index is 0.0951. The van der Waals surface area contributed by atoms with Crippen LogP contribution in [0.3, 0.4) is 0 Å². The first-order valence-corrected chi connectivity index (χ1v) is 6.66. The summed E-state index contributed by atoms with van der Waals surface area (Å²) in [5.74, 6) is -0.173. The molecular weight excluding hydrogens is 260 g/mol. The van der Waals surface area contributed by atoms with E-state index in [0.29, 0.717) is 4.77 Å². The van der Waals surface area contributed by atoms with Gasteiger partial charge in [-0.25, -0.2) is 4.79 Å². The number of hydrogen-bond acceptors (Lipinski definition) is 3. The number of H-pyrrole nitrogens is 1. The molecule has 4 nitrogen and oxygen atoms in total. The average molecular weight is 278 g/mol. The molecule has 0 saturated heterocycles. The van der Waals surface area contributed by atoms with Crippen LogP contribution in [-0.4, -0.2) is 22.6 Å². The van der Waals surface area contributed by atoms with E-state index in [9.17, 15) is 4.79 Å². The van der Waals surface area contributed by atoms with Crippen molar-refractivity contribution in [3.05, 3.63) is 28.5 Å². The predicted molar refractivity (Wildman–Crippen MR) is 77.8 cm³/mol. The van der Waals surface area contributed by atoms with Crippen molar-refractivity contribution in [2.45, 2.75) is 26.8 Å². The summed E-state index contributed by atoms with van der Waals surface area (Å²) in [6, 6.07) is 5.53. The van der Waals surface area contributed by atoms with E-state index in [0.717, 1.165) is 16.6 Å². The Balaban J connectivity index is 2.76. The number of carbonyl (C=O) groups is 1. The molecule has 0 aliphatic carbocycles. The van der Waals surface area contributed by atoms with Crippen LogP contribution < -0.4 is 0 Å². The lowest BCUT2D eigenvalue weighted by atomic mass is 10.0. The molecule has 1 unspecified atom stereocenters. The van der Waals surface area contributed by atoms with Crippen molar-refractivity contribution in [2.24, 2.45) is 5.92 Å². The molecule has 0 spiro atoms. The van der Waals surface area contributed by atoms with Gasteiger partial charge in [0.25, 0.3) is 0 Å². The number of aromatic amines is 1. The number of rotatable bonds is 3. The maximum absolute atomic E-state index is 12.1. The number of fused-ring (bicyclic) bond motifs is 1. The van der Waals surface area contributed by atoms with Crippen LogP contribution in [0.15, 0.2) is 18.2 Å². The zero-order valence-electron chi connectivity index (χ0n) is 11.6. The molecule has 0 fully saturated rings. The fraction of sp³-hybridized carbons (Fsp3) is 0.429. The smallest absolute Gasteiger partial charge is 0.329 e. The molecule has 1 N–H and O–H groups in total. The maximum atomic E-state index is 12.1. The van der Waals surface area contributed by atoms with Crippen molar-refractivity contribution in [1.29, 1.82) is 0 Å². The van der Waals surface area contributed by atoms with Gasteiger partial charge in [0.15, 0.2) is 4.77 Å². The van der Waals surface area contributed by atoms with Crippen molar-refractivity contribution in [2.75, 3.05) is 7.11 Å². The number of nitrogens with zero attached hydrogens (tertiary/aromatic N) is 1. The summed E-state index contributed by atoms with van der Waals surface area (Å²) in [6.45, 7) is 5.98. The van der Waals surface area contributed by atoms with E-state index in [1.807, 2.05) is 43.5 Å². The summed E-state index contributed by atoms with van der Waals surface area (Å²) in [6.07, 6.45) is 0. The molecule has 0 aliphatic rings. The lowest BCUT2D eigenvalue weighted by Gasteiger charge is -2.21. The number of nitrogens with one attached hydrogen (secondary N) is 1. The second-order valence-electron chi connectivity index (χ2n) is 4.98. The largest absolute Gasteiger partial charge is 0.467 e. The molecule has 2 aromatic rings. The van der Waals surface area contributed by atoms with Crippen molar-refractivity contribution in [3.63, 3.8) is 0 Å². The molecule has 0 saturated carbocycles. The van der Waals surface area contributed by atoms with E-state index >= 15 is 0 Å². The summed E-state index contributed by atoms with van der Waals surface area (Å²) >= 11 is 5.37. The molecule has 1 heterocycles. The predicted octanol–water partition coefficient (Wildman–Crippen LogP) is 3.38. The number of benzene rings is 1. The Morgan fingerprint density at radius 1 is 1.42 bits per heavy atom. The van der Waals surface area contributed by atoms with Crippen LogP contribution in [0.4, 0.5) is 0 Å². The SMILES string of the molecule is COC(=O)C(C(C)C)n1c(=S)[nH]c2cccc(C)c21. The van der Waals surface area contributed by atoms with Crippen LogP contribution in [0.1, 0.15) is 25.5 Å². The topological polar surface area (TPSA) is 47.0 Å². The zero-order chi connectivity index (χ0) is 14.2. The van der Waals surface area contributed by atoms with Crippen molar-refractivity contribution in [3.8, 4) is 0 Å². The summed E-state index contributed by atoms with van der Waals surface area (Å²) in [5.41, 5.74) is 3.00. The van der Waals surface area contributed by atoms with E-state index in [1.165, 1.54) is 7.11 Å². The van der Waals surface area contributed by atoms with Crippen LogP contribution in [0, 0.1) is 17.6 Å². The van der Waals surface area contributed by atoms with Gasteiger partial charge in [-0.3, -0.25) is 0 Å².